The molecule has 0 unspecified atom stereocenters. The van der Waals surface area contributed by atoms with Crippen molar-refractivity contribution < 1.29 is 0 Å². The first kappa shape index (κ1) is 11.0. The summed E-state index contributed by atoms with van der Waals surface area (Å²) in [6.07, 6.45) is 10.9. The summed E-state index contributed by atoms with van der Waals surface area (Å²) in [4.78, 5) is 8.22. The third-order valence-corrected chi connectivity index (χ3v) is 2.26. The molecule has 78 valence electrons. The number of nitrogens with two attached hydrogens (primary N) is 1. The predicted octanol–water partition coefficient (Wildman–Crippen LogP) is 2.57. The first-order valence-electron chi connectivity index (χ1n) is 5.39. The Morgan fingerprint density at radius 3 is 2.50 bits per heavy atom. The van der Waals surface area contributed by atoms with Crippen LogP contribution in [0.2, 0.25) is 0 Å². The average Bonchev–Trinajstić information content (AvgIpc) is 2.21. The van der Waals surface area contributed by atoms with Gasteiger partial charge >= 0.3 is 0 Å². The fourth-order valence-corrected chi connectivity index (χ4v) is 1.40. The maximum absolute atomic E-state index is 5.45. The molecule has 14 heavy (non-hydrogen) atoms. The summed E-state index contributed by atoms with van der Waals surface area (Å²) in [6.45, 7) is 2.23. The van der Waals surface area contributed by atoms with Crippen molar-refractivity contribution in [2.45, 2.75) is 45.4 Å². The van der Waals surface area contributed by atoms with Gasteiger partial charge in [-0.15, -0.1) is 0 Å². The van der Waals surface area contributed by atoms with Crippen LogP contribution >= 0.6 is 0 Å². The molecule has 3 nitrogen and oxygen atoms in total. The minimum absolute atomic E-state index is 0.500. The van der Waals surface area contributed by atoms with Crippen LogP contribution in [0.25, 0.3) is 0 Å². The highest BCUT2D eigenvalue weighted by Crippen LogP contribution is 2.06. The lowest BCUT2D eigenvalue weighted by atomic mass is 10.1. The highest BCUT2D eigenvalue weighted by Gasteiger charge is 1.95. The van der Waals surface area contributed by atoms with Gasteiger partial charge < -0.3 is 5.73 Å². The summed E-state index contributed by atoms with van der Waals surface area (Å²) in [5, 5.41) is 0. The van der Waals surface area contributed by atoms with Crippen molar-refractivity contribution in [3.05, 3.63) is 18.1 Å². The molecule has 0 aromatic carbocycles. The second-order valence-electron chi connectivity index (χ2n) is 3.60. The second-order valence-corrected chi connectivity index (χ2v) is 3.60. The van der Waals surface area contributed by atoms with E-state index in [0.29, 0.717) is 5.82 Å². The Hall–Kier alpha value is -1.12. The molecular weight excluding hydrogens is 174 g/mol. The number of anilines is 1. The van der Waals surface area contributed by atoms with Gasteiger partial charge in [0, 0.05) is 0 Å². The lowest BCUT2D eigenvalue weighted by molar-refractivity contribution is 0.627. The Morgan fingerprint density at radius 1 is 1.07 bits per heavy atom. The molecule has 0 amide bonds. The van der Waals surface area contributed by atoms with Crippen LogP contribution in [0.3, 0.4) is 0 Å². The van der Waals surface area contributed by atoms with Gasteiger partial charge in [0.05, 0.1) is 18.1 Å². The molecule has 1 aromatic rings. The Bertz CT molecular complexity index is 243. The average molecular weight is 193 g/mol. The first-order chi connectivity index (χ1) is 6.83. The number of unbranched alkanes of at least 4 members (excludes halogenated alkanes) is 4. The topological polar surface area (TPSA) is 51.8 Å². The molecule has 2 N–H and O–H groups in total. The van der Waals surface area contributed by atoms with Crippen molar-refractivity contribution >= 4 is 5.82 Å². The van der Waals surface area contributed by atoms with E-state index in [2.05, 4.69) is 16.9 Å². The summed E-state index contributed by atoms with van der Waals surface area (Å²) in [5.74, 6) is 0.500. The molecular formula is C11H19N3. The number of nitrogen functional groups attached to an aromatic ring is 1. The SMILES string of the molecule is CCCCCCCc1cnc(N)cn1. The summed E-state index contributed by atoms with van der Waals surface area (Å²) >= 11 is 0. The fraction of sp³-hybridized carbons (Fsp3) is 0.636. The minimum atomic E-state index is 0.500. The number of hydrogen-bond donors (Lipinski definition) is 1. The fourth-order valence-electron chi connectivity index (χ4n) is 1.40. The van der Waals surface area contributed by atoms with Crippen LogP contribution in [-0.2, 0) is 6.42 Å². The van der Waals surface area contributed by atoms with Crippen molar-refractivity contribution in [1.29, 1.82) is 0 Å². The van der Waals surface area contributed by atoms with E-state index in [9.17, 15) is 0 Å². The van der Waals surface area contributed by atoms with Crippen LogP contribution < -0.4 is 5.73 Å². The van der Waals surface area contributed by atoms with E-state index in [-0.39, 0.29) is 0 Å². The Labute approximate surface area is 85.8 Å². The van der Waals surface area contributed by atoms with E-state index >= 15 is 0 Å². The number of hydrogen-bond acceptors (Lipinski definition) is 3. The molecule has 1 rings (SSSR count). The van der Waals surface area contributed by atoms with E-state index in [1.165, 1.54) is 32.1 Å². The van der Waals surface area contributed by atoms with Crippen LogP contribution in [0.5, 0.6) is 0 Å². The molecule has 1 heterocycles. The van der Waals surface area contributed by atoms with Gasteiger partial charge in [-0.1, -0.05) is 32.6 Å². The Kier molecular flexibility index (Phi) is 4.97. The molecule has 0 aliphatic rings. The molecule has 0 aliphatic heterocycles. The zero-order valence-corrected chi connectivity index (χ0v) is 8.87. The Morgan fingerprint density at radius 2 is 1.86 bits per heavy atom. The Balaban J connectivity index is 2.15. The molecule has 0 saturated carbocycles. The molecule has 0 fully saturated rings. The summed E-state index contributed by atoms with van der Waals surface area (Å²) in [5.41, 5.74) is 6.50. The van der Waals surface area contributed by atoms with Gasteiger partial charge in [-0.05, 0) is 12.8 Å². The lowest BCUT2D eigenvalue weighted by Crippen LogP contribution is -1.95. The largest absolute Gasteiger partial charge is 0.382 e. The van der Waals surface area contributed by atoms with E-state index in [0.717, 1.165) is 12.1 Å². The predicted molar refractivity (Wildman–Crippen MR) is 58.9 cm³/mol. The maximum Gasteiger partial charge on any atom is 0.141 e. The summed E-state index contributed by atoms with van der Waals surface area (Å²) in [6, 6.07) is 0. The van der Waals surface area contributed by atoms with Crippen molar-refractivity contribution in [1.82, 2.24) is 9.97 Å². The molecule has 0 saturated heterocycles. The van der Waals surface area contributed by atoms with Gasteiger partial charge in [-0.3, -0.25) is 4.98 Å². The number of aromatic nitrogens is 2. The van der Waals surface area contributed by atoms with Gasteiger partial charge in [-0.2, -0.15) is 0 Å². The second kappa shape index (κ2) is 6.35. The smallest absolute Gasteiger partial charge is 0.141 e. The lowest BCUT2D eigenvalue weighted by Gasteiger charge is -2.00. The van der Waals surface area contributed by atoms with Crippen molar-refractivity contribution in [3.63, 3.8) is 0 Å². The van der Waals surface area contributed by atoms with E-state index in [1.54, 1.807) is 12.4 Å². The molecule has 0 spiro atoms. The standard InChI is InChI=1S/C11H19N3/c1-2-3-4-5-6-7-10-8-14-11(12)9-13-10/h8-9H,2-7H2,1H3,(H2,12,14). The molecule has 0 atom stereocenters. The first-order valence-corrected chi connectivity index (χ1v) is 5.39. The van der Waals surface area contributed by atoms with Crippen LogP contribution in [0.15, 0.2) is 12.4 Å². The minimum Gasteiger partial charge on any atom is -0.382 e. The van der Waals surface area contributed by atoms with Gasteiger partial charge in [0.1, 0.15) is 5.82 Å². The van der Waals surface area contributed by atoms with Crippen LogP contribution in [0.1, 0.15) is 44.7 Å². The molecule has 3 heteroatoms. The van der Waals surface area contributed by atoms with Gasteiger partial charge in [0.25, 0.3) is 0 Å². The third-order valence-electron chi connectivity index (χ3n) is 2.26. The van der Waals surface area contributed by atoms with Crippen molar-refractivity contribution in [2.24, 2.45) is 0 Å². The molecule has 1 aromatic heterocycles. The number of rotatable bonds is 6. The van der Waals surface area contributed by atoms with Crippen molar-refractivity contribution in [2.75, 3.05) is 5.73 Å². The molecule has 0 radical (unpaired) electrons. The molecule has 0 aliphatic carbocycles. The molecule has 0 bridgehead atoms. The highest BCUT2D eigenvalue weighted by atomic mass is 14.9. The summed E-state index contributed by atoms with van der Waals surface area (Å²) < 4.78 is 0. The third kappa shape index (κ3) is 4.21. The zero-order valence-electron chi connectivity index (χ0n) is 8.87. The monoisotopic (exact) mass is 193 g/mol. The van der Waals surface area contributed by atoms with Gasteiger partial charge in [0.2, 0.25) is 0 Å². The number of aryl methyl sites for hydroxylation is 1. The maximum atomic E-state index is 5.45. The normalized spacial score (nSPS) is 10.4. The summed E-state index contributed by atoms with van der Waals surface area (Å²) in [7, 11) is 0. The highest BCUT2D eigenvalue weighted by molar-refractivity contribution is 5.22. The van der Waals surface area contributed by atoms with E-state index < -0.39 is 0 Å². The van der Waals surface area contributed by atoms with E-state index in [1.807, 2.05) is 0 Å². The zero-order chi connectivity index (χ0) is 10.2. The van der Waals surface area contributed by atoms with Gasteiger partial charge in [-0.25, -0.2) is 4.98 Å². The van der Waals surface area contributed by atoms with Gasteiger partial charge in [0.15, 0.2) is 0 Å². The quantitative estimate of drug-likeness (QED) is 0.706. The van der Waals surface area contributed by atoms with Crippen LogP contribution in [0.4, 0.5) is 5.82 Å². The van der Waals surface area contributed by atoms with Crippen LogP contribution in [0, 0.1) is 0 Å². The van der Waals surface area contributed by atoms with Crippen LogP contribution in [-0.4, -0.2) is 9.97 Å². The van der Waals surface area contributed by atoms with Crippen molar-refractivity contribution in [3.8, 4) is 0 Å². The number of nitrogens with zero attached hydrogens (tertiary/aromatic N) is 2. The van der Waals surface area contributed by atoms with E-state index in [4.69, 9.17) is 5.73 Å².